The molecule has 0 radical (unpaired) electrons. The standard InChI is InChI=1S/C14H17NO/c1-3-11-12-6-4-5-7-13(12)16-14(11)10(2)8-9-15/h4-8H,3,9,15H2,1-2H3. The molecule has 1 aromatic carbocycles. The lowest BCUT2D eigenvalue weighted by atomic mass is 10.0. The third-order valence-electron chi connectivity index (χ3n) is 2.83. The molecule has 1 heterocycles. The lowest BCUT2D eigenvalue weighted by Gasteiger charge is -1.99. The summed E-state index contributed by atoms with van der Waals surface area (Å²) in [4.78, 5) is 0. The van der Waals surface area contributed by atoms with Gasteiger partial charge in [0.15, 0.2) is 0 Å². The van der Waals surface area contributed by atoms with E-state index in [0.29, 0.717) is 6.54 Å². The Morgan fingerprint density at radius 3 is 2.81 bits per heavy atom. The van der Waals surface area contributed by atoms with E-state index < -0.39 is 0 Å². The average molecular weight is 215 g/mol. The van der Waals surface area contributed by atoms with Crippen LogP contribution in [0.5, 0.6) is 0 Å². The van der Waals surface area contributed by atoms with Crippen molar-refractivity contribution < 1.29 is 4.42 Å². The molecule has 0 bridgehead atoms. The number of aryl methyl sites for hydroxylation is 1. The van der Waals surface area contributed by atoms with Gasteiger partial charge in [-0.15, -0.1) is 0 Å². The van der Waals surface area contributed by atoms with Crippen LogP contribution in [-0.2, 0) is 6.42 Å². The highest BCUT2D eigenvalue weighted by Crippen LogP contribution is 2.30. The quantitative estimate of drug-likeness (QED) is 0.852. The van der Waals surface area contributed by atoms with Gasteiger partial charge in [-0.1, -0.05) is 31.2 Å². The van der Waals surface area contributed by atoms with Crippen LogP contribution < -0.4 is 5.73 Å². The summed E-state index contributed by atoms with van der Waals surface area (Å²) in [6, 6.07) is 8.16. The fraction of sp³-hybridized carbons (Fsp3) is 0.286. The van der Waals surface area contributed by atoms with Crippen LogP contribution in [0.25, 0.3) is 16.5 Å². The van der Waals surface area contributed by atoms with E-state index in [-0.39, 0.29) is 0 Å². The Labute approximate surface area is 95.7 Å². The van der Waals surface area contributed by atoms with Crippen LogP contribution in [0.4, 0.5) is 0 Å². The van der Waals surface area contributed by atoms with Crippen molar-refractivity contribution in [1.29, 1.82) is 0 Å². The van der Waals surface area contributed by atoms with Crippen LogP contribution in [0.15, 0.2) is 34.8 Å². The number of hydrogen-bond donors (Lipinski definition) is 1. The van der Waals surface area contributed by atoms with Gasteiger partial charge in [0.1, 0.15) is 11.3 Å². The SMILES string of the molecule is CCc1c(C(C)=CCN)oc2ccccc12. The van der Waals surface area contributed by atoms with Crippen LogP contribution in [0, 0.1) is 0 Å². The second-order valence-corrected chi connectivity index (χ2v) is 3.88. The van der Waals surface area contributed by atoms with E-state index in [9.17, 15) is 0 Å². The zero-order valence-corrected chi connectivity index (χ0v) is 9.79. The molecule has 2 nitrogen and oxygen atoms in total. The van der Waals surface area contributed by atoms with Crippen LogP contribution in [-0.4, -0.2) is 6.54 Å². The van der Waals surface area contributed by atoms with Crippen molar-refractivity contribution >= 4 is 16.5 Å². The number of hydrogen-bond acceptors (Lipinski definition) is 2. The first-order chi connectivity index (χ1) is 7.77. The second kappa shape index (κ2) is 4.54. The number of rotatable bonds is 3. The first-order valence-corrected chi connectivity index (χ1v) is 5.65. The van der Waals surface area contributed by atoms with Gasteiger partial charge in [0, 0.05) is 17.5 Å². The van der Waals surface area contributed by atoms with E-state index in [4.69, 9.17) is 10.2 Å². The Hall–Kier alpha value is -1.54. The van der Waals surface area contributed by atoms with Gasteiger partial charge in [0.05, 0.1) is 0 Å². The van der Waals surface area contributed by atoms with E-state index in [2.05, 4.69) is 13.0 Å². The third-order valence-corrected chi connectivity index (χ3v) is 2.83. The summed E-state index contributed by atoms with van der Waals surface area (Å²) < 4.78 is 5.88. The van der Waals surface area contributed by atoms with Gasteiger partial charge < -0.3 is 10.2 Å². The molecule has 0 atom stereocenters. The summed E-state index contributed by atoms with van der Waals surface area (Å²) >= 11 is 0. The van der Waals surface area contributed by atoms with Gasteiger partial charge in [-0.2, -0.15) is 0 Å². The summed E-state index contributed by atoms with van der Waals surface area (Å²) in [5.41, 5.74) is 8.89. The Bertz CT molecular complexity index is 523. The Morgan fingerprint density at radius 2 is 2.12 bits per heavy atom. The molecular weight excluding hydrogens is 198 g/mol. The molecule has 0 saturated heterocycles. The Balaban J connectivity index is 2.65. The van der Waals surface area contributed by atoms with Crippen molar-refractivity contribution in [2.24, 2.45) is 5.73 Å². The molecule has 0 unspecified atom stereocenters. The van der Waals surface area contributed by atoms with Gasteiger partial charge >= 0.3 is 0 Å². The van der Waals surface area contributed by atoms with Gasteiger partial charge in [-0.25, -0.2) is 0 Å². The maximum Gasteiger partial charge on any atom is 0.135 e. The fourth-order valence-corrected chi connectivity index (χ4v) is 2.04. The zero-order valence-electron chi connectivity index (χ0n) is 9.79. The maximum atomic E-state index is 5.88. The molecule has 2 aromatic rings. The van der Waals surface area contributed by atoms with Crippen LogP contribution in [0.3, 0.4) is 0 Å². The molecule has 16 heavy (non-hydrogen) atoms. The summed E-state index contributed by atoms with van der Waals surface area (Å²) in [6.07, 6.45) is 2.97. The minimum Gasteiger partial charge on any atom is -0.456 e. The van der Waals surface area contributed by atoms with Gasteiger partial charge in [-0.3, -0.25) is 0 Å². The average Bonchev–Trinajstić information content (AvgIpc) is 2.67. The molecule has 2 rings (SSSR count). The first-order valence-electron chi connectivity index (χ1n) is 5.65. The highest BCUT2D eigenvalue weighted by molar-refractivity contribution is 5.86. The van der Waals surface area contributed by atoms with Crippen molar-refractivity contribution in [2.75, 3.05) is 6.54 Å². The van der Waals surface area contributed by atoms with Crippen molar-refractivity contribution in [1.82, 2.24) is 0 Å². The third kappa shape index (κ3) is 1.76. The molecule has 2 N–H and O–H groups in total. The minimum absolute atomic E-state index is 0.548. The summed E-state index contributed by atoms with van der Waals surface area (Å²) in [5, 5.41) is 1.21. The fourth-order valence-electron chi connectivity index (χ4n) is 2.04. The molecule has 1 aromatic heterocycles. The van der Waals surface area contributed by atoms with E-state index in [1.54, 1.807) is 0 Å². The Kier molecular flexibility index (Phi) is 3.11. The molecule has 0 spiro atoms. The van der Waals surface area contributed by atoms with E-state index in [1.165, 1.54) is 10.9 Å². The molecular formula is C14H17NO. The lowest BCUT2D eigenvalue weighted by Crippen LogP contribution is -1.95. The van der Waals surface area contributed by atoms with Crippen LogP contribution in [0.2, 0.25) is 0 Å². The van der Waals surface area contributed by atoms with Gasteiger partial charge in [0.25, 0.3) is 0 Å². The predicted octanol–water partition coefficient (Wildman–Crippen LogP) is 3.36. The largest absolute Gasteiger partial charge is 0.456 e. The van der Waals surface area contributed by atoms with E-state index in [1.807, 2.05) is 31.2 Å². The van der Waals surface area contributed by atoms with Crippen molar-refractivity contribution in [3.63, 3.8) is 0 Å². The topological polar surface area (TPSA) is 39.2 Å². The zero-order chi connectivity index (χ0) is 11.5. The highest BCUT2D eigenvalue weighted by Gasteiger charge is 2.12. The molecule has 84 valence electrons. The number of benzene rings is 1. The number of furan rings is 1. The van der Waals surface area contributed by atoms with Gasteiger partial charge in [-0.05, 0) is 25.0 Å². The maximum absolute atomic E-state index is 5.88. The van der Waals surface area contributed by atoms with E-state index in [0.717, 1.165) is 23.3 Å². The normalized spacial score (nSPS) is 12.3. The number of para-hydroxylation sites is 1. The second-order valence-electron chi connectivity index (χ2n) is 3.88. The van der Waals surface area contributed by atoms with Crippen molar-refractivity contribution in [3.05, 3.63) is 41.7 Å². The van der Waals surface area contributed by atoms with E-state index >= 15 is 0 Å². The number of fused-ring (bicyclic) bond motifs is 1. The molecule has 0 aliphatic rings. The predicted molar refractivity (Wildman–Crippen MR) is 68.3 cm³/mol. The van der Waals surface area contributed by atoms with Crippen LogP contribution >= 0.6 is 0 Å². The summed E-state index contributed by atoms with van der Waals surface area (Å²) in [6.45, 7) is 4.74. The first kappa shape index (κ1) is 11.0. The molecule has 0 aliphatic heterocycles. The molecule has 0 fully saturated rings. The Morgan fingerprint density at radius 1 is 1.38 bits per heavy atom. The number of allylic oxidation sites excluding steroid dienone is 1. The molecule has 0 amide bonds. The summed E-state index contributed by atoms with van der Waals surface area (Å²) in [7, 11) is 0. The van der Waals surface area contributed by atoms with Gasteiger partial charge in [0.2, 0.25) is 0 Å². The molecule has 0 saturated carbocycles. The summed E-state index contributed by atoms with van der Waals surface area (Å²) in [5.74, 6) is 0.981. The highest BCUT2D eigenvalue weighted by atomic mass is 16.3. The van der Waals surface area contributed by atoms with Crippen molar-refractivity contribution in [3.8, 4) is 0 Å². The minimum atomic E-state index is 0.548. The monoisotopic (exact) mass is 215 g/mol. The molecule has 2 heteroatoms. The van der Waals surface area contributed by atoms with Crippen molar-refractivity contribution in [2.45, 2.75) is 20.3 Å². The molecule has 0 aliphatic carbocycles. The number of nitrogens with two attached hydrogens (primary N) is 1. The lowest BCUT2D eigenvalue weighted by molar-refractivity contribution is 0.594. The smallest absolute Gasteiger partial charge is 0.135 e. The van der Waals surface area contributed by atoms with Crippen LogP contribution in [0.1, 0.15) is 25.2 Å².